The summed E-state index contributed by atoms with van der Waals surface area (Å²) in [4.78, 5) is 33.0. The van der Waals surface area contributed by atoms with Gasteiger partial charge in [-0.1, -0.05) is 11.6 Å². The predicted molar refractivity (Wildman–Crippen MR) is 118 cm³/mol. The lowest BCUT2D eigenvalue weighted by Gasteiger charge is -2.40. The topological polar surface area (TPSA) is 87.4 Å². The molecule has 168 valence electrons. The molecule has 0 atom stereocenters. The number of hydrogen-bond acceptors (Lipinski definition) is 5. The van der Waals surface area contributed by atoms with Crippen LogP contribution in [0.3, 0.4) is 0 Å². The minimum absolute atomic E-state index is 0.0123. The number of aromatic carboxylic acids is 1. The molecule has 3 heterocycles. The molecule has 8 nitrogen and oxygen atoms in total. The molecule has 31 heavy (non-hydrogen) atoms. The standard InChI is InChI=1S/C22H29ClN4O4/c1-13-12-26-17(11-16(23)18(20(28)29)19(26)24-13)25-9-7-15(8-10-25)27(14-5-6-14)21(30)31-22(2,3)4/h11-12,14-15H,5-10H2,1-4H3,(H,28,29). The number of fused-ring (bicyclic) bond motifs is 1. The van der Waals surface area contributed by atoms with Crippen molar-refractivity contribution in [1.82, 2.24) is 14.3 Å². The van der Waals surface area contributed by atoms with Crippen LogP contribution in [0.1, 0.15) is 62.5 Å². The van der Waals surface area contributed by atoms with Gasteiger partial charge in [0, 0.05) is 31.4 Å². The number of aryl methyl sites for hydroxylation is 1. The number of rotatable bonds is 4. The van der Waals surface area contributed by atoms with E-state index in [2.05, 4.69) is 9.88 Å². The Hall–Kier alpha value is -2.48. The van der Waals surface area contributed by atoms with Gasteiger partial charge < -0.3 is 19.6 Å². The summed E-state index contributed by atoms with van der Waals surface area (Å²) >= 11 is 6.33. The molecular formula is C22H29ClN4O4. The number of anilines is 1. The fourth-order valence-corrected chi connectivity index (χ4v) is 4.55. The summed E-state index contributed by atoms with van der Waals surface area (Å²) in [6.45, 7) is 8.96. The molecular weight excluding hydrogens is 420 g/mol. The van der Waals surface area contributed by atoms with E-state index in [1.165, 1.54) is 0 Å². The van der Waals surface area contributed by atoms with E-state index in [4.69, 9.17) is 16.3 Å². The van der Waals surface area contributed by atoms with Crippen molar-refractivity contribution in [3.8, 4) is 0 Å². The molecule has 1 amide bonds. The Bertz CT molecular complexity index is 1020. The van der Waals surface area contributed by atoms with Crippen LogP contribution in [-0.2, 0) is 4.74 Å². The van der Waals surface area contributed by atoms with Crippen LogP contribution in [0, 0.1) is 6.92 Å². The highest BCUT2D eigenvalue weighted by atomic mass is 35.5. The summed E-state index contributed by atoms with van der Waals surface area (Å²) < 4.78 is 7.47. The molecule has 2 fully saturated rings. The fourth-order valence-electron chi connectivity index (χ4n) is 4.29. The lowest BCUT2D eigenvalue weighted by atomic mass is 10.0. The third kappa shape index (κ3) is 4.44. The van der Waals surface area contributed by atoms with E-state index in [0.29, 0.717) is 5.65 Å². The van der Waals surface area contributed by atoms with Crippen molar-refractivity contribution in [2.24, 2.45) is 0 Å². The van der Waals surface area contributed by atoms with Gasteiger partial charge >= 0.3 is 12.1 Å². The molecule has 2 aromatic rings. The molecule has 1 saturated heterocycles. The third-order valence-corrected chi connectivity index (χ3v) is 6.03. The maximum absolute atomic E-state index is 12.8. The van der Waals surface area contributed by atoms with Gasteiger partial charge in [-0.15, -0.1) is 0 Å². The number of aromatic nitrogens is 2. The van der Waals surface area contributed by atoms with E-state index in [0.717, 1.165) is 50.3 Å². The summed E-state index contributed by atoms with van der Waals surface area (Å²) in [6.07, 6.45) is 5.28. The molecule has 1 aliphatic heterocycles. The van der Waals surface area contributed by atoms with Gasteiger partial charge in [-0.3, -0.25) is 4.40 Å². The fraction of sp³-hybridized carbons (Fsp3) is 0.591. The van der Waals surface area contributed by atoms with Gasteiger partial charge in [-0.05, 0) is 59.4 Å². The van der Waals surface area contributed by atoms with Crippen molar-refractivity contribution < 1.29 is 19.4 Å². The molecule has 0 aromatic carbocycles. The zero-order chi connectivity index (χ0) is 22.5. The van der Waals surface area contributed by atoms with Crippen molar-refractivity contribution >= 4 is 35.1 Å². The second-order valence-corrected chi connectivity index (χ2v) is 9.85. The number of nitrogens with zero attached hydrogens (tertiary/aromatic N) is 4. The Morgan fingerprint density at radius 3 is 2.35 bits per heavy atom. The molecule has 2 aromatic heterocycles. The Kier molecular flexibility index (Phi) is 5.54. The number of ether oxygens (including phenoxy) is 1. The highest BCUT2D eigenvalue weighted by Crippen LogP contribution is 2.35. The van der Waals surface area contributed by atoms with Crippen LogP contribution in [0.25, 0.3) is 5.65 Å². The first kappa shape index (κ1) is 21.7. The second-order valence-electron chi connectivity index (χ2n) is 9.44. The summed E-state index contributed by atoms with van der Waals surface area (Å²) in [5.41, 5.74) is 0.574. The summed E-state index contributed by atoms with van der Waals surface area (Å²) in [5.74, 6) is -0.275. The number of carbonyl (C=O) groups is 2. The van der Waals surface area contributed by atoms with Gasteiger partial charge in [-0.2, -0.15) is 0 Å². The lowest BCUT2D eigenvalue weighted by Crippen LogP contribution is -2.50. The molecule has 0 radical (unpaired) electrons. The Morgan fingerprint density at radius 1 is 1.19 bits per heavy atom. The summed E-state index contributed by atoms with van der Waals surface area (Å²) in [6, 6.07) is 2.11. The highest BCUT2D eigenvalue weighted by molar-refractivity contribution is 6.34. The summed E-state index contributed by atoms with van der Waals surface area (Å²) in [5, 5.41) is 9.74. The normalized spacial score (nSPS) is 17.8. The maximum Gasteiger partial charge on any atom is 0.410 e. The van der Waals surface area contributed by atoms with Crippen molar-refractivity contribution in [2.75, 3.05) is 18.0 Å². The van der Waals surface area contributed by atoms with E-state index in [1.807, 2.05) is 38.8 Å². The van der Waals surface area contributed by atoms with E-state index in [9.17, 15) is 14.7 Å². The SMILES string of the molecule is Cc1cn2c(N3CCC(N(C(=O)OC(C)(C)C)C4CC4)CC3)cc(Cl)c(C(=O)O)c2n1. The number of amides is 1. The van der Waals surface area contributed by atoms with Crippen molar-refractivity contribution in [3.63, 3.8) is 0 Å². The molecule has 1 aliphatic carbocycles. The number of carboxylic acid groups (broad SMARTS) is 1. The first-order valence-corrected chi connectivity index (χ1v) is 11.1. The third-order valence-electron chi connectivity index (χ3n) is 5.73. The van der Waals surface area contributed by atoms with Crippen LogP contribution < -0.4 is 4.90 Å². The molecule has 2 aliphatic rings. The minimum Gasteiger partial charge on any atom is -0.478 e. The van der Waals surface area contributed by atoms with Crippen LogP contribution in [0.5, 0.6) is 0 Å². The van der Waals surface area contributed by atoms with Crippen molar-refractivity contribution in [2.45, 2.75) is 71.1 Å². The van der Waals surface area contributed by atoms with Crippen LogP contribution in [0.15, 0.2) is 12.3 Å². The second kappa shape index (κ2) is 7.89. The van der Waals surface area contributed by atoms with E-state index >= 15 is 0 Å². The molecule has 0 bridgehead atoms. The van der Waals surface area contributed by atoms with Crippen LogP contribution in [0.4, 0.5) is 10.6 Å². The van der Waals surface area contributed by atoms with Gasteiger partial charge in [-0.25, -0.2) is 14.6 Å². The first-order chi connectivity index (χ1) is 14.5. The van der Waals surface area contributed by atoms with Gasteiger partial charge in [0.05, 0.1) is 10.7 Å². The largest absolute Gasteiger partial charge is 0.478 e. The quantitative estimate of drug-likeness (QED) is 0.747. The lowest BCUT2D eigenvalue weighted by molar-refractivity contribution is 0.0113. The number of piperidine rings is 1. The number of hydrogen-bond donors (Lipinski definition) is 1. The Balaban J connectivity index is 1.55. The van der Waals surface area contributed by atoms with Gasteiger partial charge in [0.2, 0.25) is 0 Å². The monoisotopic (exact) mass is 448 g/mol. The predicted octanol–water partition coefficient (Wildman–Crippen LogP) is 4.36. The smallest absolute Gasteiger partial charge is 0.410 e. The van der Waals surface area contributed by atoms with Crippen LogP contribution in [-0.4, -0.2) is 62.2 Å². The minimum atomic E-state index is -1.09. The molecule has 0 spiro atoms. The average Bonchev–Trinajstić information content (AvgIpc) is 3.40. The highest BCUT2D eigenvalue weighted by Gasteiger charge is 2.41. The number of imidazole rings is 1. The Labute approximate surface area is 186 Å². The number of carboxylic acids is 1. The number of pyridine rings is 1. The van der Waals surface area contributed by atoms with E-state index in [-0.39, 0.29) is 28.8 Å². The molecule has 9 heteroatoms. The van der Waals surface area contributed by atoms with Gasteiger partial charge in [0.1, 0.15) is 17.0 Å². The zero-order valence-corrected chi connectivity index (χ0v) is 19.1. The molecule has 0 unspecified atom stereocenters. The van der Waals surface area contributed by atoms with Gasteiger partial charge in [0.15, 0.2) is 5.65 Å². The van der Waals surface area contributed by atoms with E-state index < -0.39 is 11.6 Å². The molecule has 4 rings (SSSR count). The average molecular weight is 449 g/mol. The maximum atomic E-state index is 12.8. The number of halogens is 1. The van der Waals surface area contributed by atoms with Crippen molar-refractivity contribution in [1.29, 1.82) is 0 Å². The molecule has 1 saturated carbocycles. The summed E-state index contributed by atoms with van der Waals surface area (Å²) in [7, 11) is 0. The Morgan fingerprint density at radius 2 is 1.81 bits per heavy atom. The molecule has 1 N–H and O–H groups in total. The first-order valence-electron chi connectivity index (χ1n) is 10.7. The van der Waals surface area contributed by atoms with Crippen molar-refractivity contribution in [3.05, 3.63) is 28.5 Å². The van der Waals surface area contributed by atoms with E-state index in [1.54, 1.807) is 10.5 Å². The number of carbonyl (C=O) groups excluding carboxylic acids is 1. The van der Waals surface area contributed by atoms with Crippen LogP contribution >= 0.6 is 11.6 Å². The van der Waals surface area contributed by atoms with Crippen LogP contribution in [0.2, 0.25) is 5.02 Å². The van der Waals surface area contributed by atoms with Gasteiger partial charge in [0.25, 0.3) is 0 Å². The zero-order valence-electron chi connectivity index (χ0n) is 18.4.